The van der Waals surface area contributed by atoms with Crippen LogP contribution in [0.2, 0.25) is 36.3 Å². The van der Waals surface area contributed by atoms with Gasteiger partial charge in [-0.15, -0.1) is 6.58 Å². The quantitative estimate of drug-likeness (QED) is 0.190. The van der Waals surface area contributed by atoms with Crippen LogP contribution in [0.15, 0.2) is 104 Å². The van der Waals surface area contributed by atoms with Crippen LogP contribution in [-0.2, 0) is 15.9 Å². The van der Waals surface area contributed by atoms with Crippen LogP contribution < -0.4 is 10.4 Å². The SMILES string of the molecule is C=CCC.CC(C)(C)C.CC(C)(C)[Si](C)(C)C.CC(C)(C)[Si](C)(c1ccccc1)c1ccccc1.CC1CCCCO1.CCOC.CCc1ccccc1. The largest absolute Gasteiger partial charge is 0.385 e. The molecule has 0 amide bonds. The average molecular weight is 779 g/mol. The number of hydrogen-bond donors (Lipinski definition) is 0. The predicted octanol–water partition coefficient (Wildman–Crippen LogP) is 14.9. The van der Waals surface area contributed by atoms with Crippen LogP contribution >= 0.6 is 0 Å². The first-order valence-corrected chi connectivity index (χ1v) is 26.7. The lowest BCUT2D eigenvalue weighted by atomic mass is 10.0. The van der Waals surface area contributed by atoms with Gasteiger partial charge in [-0.2, -0.15) is 0 Å². The summed E-state index contributed by atoms with van der Waals surface area (Å²) < 4.78 is 9.82. The Labute approximate surface area is 341 Å². The first kappa shape index (κ1) is 56.1. The van der Waals surface area contributed by atoms with Gasteiger partial charge in [-0.3, -0.25) is 0 Å². The summed E-state index contributed by atoms with van der Waals surface area (Å²) in [4.78, 5) is 0. The van der Waals surface area contributed by atoms with Gasteiger partial charge in [0.2, 0.25) is 0 Å². The van der Waals surface area contributed by atoms with Gasteiger partial charge in [0.05, 0.1) is 6.10 Å². The molecule has 0 bridgehead atoms. The lowest BCUT2D eigenvalue weighted by molar-refractivity contribution is 0.0285. The van der Waals surface area contributed by atoms with Gasteiger partial charge < -0.3 is 9.47 Å². The van der Waals surface area contributed by atoms with Crippen LogP contribution in [0.1, 0.15) is 128 Å². The molecule has 0 aromatic heterocycles. The molecule has 1 aliphatic heterocycles. The molecular formula is C50H90O2Si2. The van der Waals surface area contributed by atoms with Gasteiger partial charge in [-0.05, 0) is 67.0 Å². The third-order valence-electron chi connectivity index (χ3n) is 9.69. The van der Waals surface area contributed by atoms with E-state index < -0.39 is 16.1 Å². The van der Waals surface area contributed by atoms with Crippen molar-refractivity contribution in [3.8, 4) is 0 Å². The third-order valence-corrected chi connectivity index (χ3v) is 20.2. The summed E-state index contributed by atoms with van der Waals surface area (Å²) in [5.74, 6) is 0. The van der Waals surface area contributed by atoms with E-state index in [2.05, 4.69) is 212 Å². The average Bonchev–Trinajstić information content (AvgIpc) is 3.11. The fraction of sp³-hybridized carbons (Fsp3) is 0.600. The van der Waals surface area contributed by atoms with Crippen molar-refractivity contribution in [2.24, 2.45) is 5.41 Å². The number of allylic oxidation sites excluding steroid dienone is 1. The monoisotopic (exact) mass is 779 g/mol. The van der Waals surface area contributed by atoms with Crippen molar-refractivity contribution in [2.75, 3.05) is 20.3 Å². The maximum absolute atomic E-state index is 5.28. The molecule has 1 saturated heterocycles. The van der Waals surface area contributed by atoms with Crippen LogP contribution in [0.25, 0.3) is 0 Å². The van der Waals surface area contributed by atoms with E-state index in [9.17, 15) is 0 Å². The predicted molar refractivity (Wildman–Crippen MR) is 255 cm³/mol. The lowest BCUT2D eigenvalue weighted by Crippen LogP contribution is -2.61. The molecule has 0 N–H and O–H groups in total. The van der Waals surface area contributed by atoms with Crippen molar-refractivity contribution in [1.82, 2.24) is 0 Å². The van der Waals surface area contributed by atoms with E-state index in [1.54, 1.807) is 7.11 Å². The van der Waals surface area contributed by atoms with E-state index in [0.717, 1.165) is 26.1 Å². The van der Waals surface area contributed by atoms with Crippen LogP contribution in [-0.4, -0.2) is 42.6 Å². The highest BCUT2D eigenvalue weighted by molar-refractivity contribution is 7.03. The summed E-state index contributed by atoms with van der Waals surface area (Å²) in [5.41, 5.74) is 1.91. The van der Waals surface area contributed by atoms with Crippen LogP contribution in [0.3, 0.4) is 0 Å². The number of methoxy groups -OCH3 is 1. The summed E-state index contributed by atoms with van der Waals surface area (Å²) in [6.45, 7) is 46.2. The number of rotatable bonds is 5. The smallest absolute Gasteiger partial charge is 0.120 e. The molecule has 0 radical (unpaired) electrons. The number of ether oxygens (including phenoxy) is 2. The highest BCUT2D eigenvalue weighted by atomic mass is 28.3. The minimum Gasteiger partial charge on any atom is -0.385 e. The second-order valence-corrected chi connectivity index (χ2v) is 29.8. The zero-order valence-electron chi connectivity index (χ0n) is 39.3. The van der Waals surface area contributed by atoms with E-state index >= 15 is 0 Å². The number of aryl methyl sites for hydroxylation is 1. The molecule has 0 saturated carbocycles. The van der Waals surface area contributed by atoms with Gasteiger partial charge >= 0.3 is 0 Å². The third kappa shape index (κ3) is 29.1. The number of benzene rings is 3. The van der Waals surface area contributed by atoms with E-state index in [1.165, 1.54) is 35.2 Å². The lowest BCUT2D eigenvalue weighted by Gasteiger charge is -2.41. The summed E-state index contributed by atoms with van der Waals surface area (Å²) in [7, 11) is -0.881. The van der Waals surface area contributed by atoms with Gasteiger partial charge in [0.15, 0.2) is 0 Å². The van der Waals surface area contributed by atoms with Crippen LogP contribution in [0, 0.1) is 5.41 Å². The van der Waals surface area contributed by atoms with Crippen molar-refractivity contribution in [3.05, 3.63) is 109 Å². The van der Waals surface area contributed by atoms with Crippen molar-refractivity contribution in [3.63, 3.8) is 0 Å². The van der Waals surface area contributed by atoms with Crippen LogP contribution in [0.5, 0.6) is 0 Å². The molecule has 3 aromatic carbocycles. The topological polar surface area (TPSA) is 18.5 Å². The Morgan fingerprint density at radius 1 is 0.667 bits per heavy atom. The Morgan fingerprint density at radius 2 is 1.00 bits per heavy atom. The maximum atomic E-state index is 5.28. The molecule has 0 spiro atoms. The van der Waals surface area contributed by atoms with Gasteiger partial charge in [-0.1, -0.05) is 217 Å². The van der Waals surface area contributed by atoms with E-state index in [0.29, 0.717) is 21.6 Å². The standard InChI is InChI=1S/C17H22Si.C8H10.C7H18Si.C6H12O.C5H12.C4H8.C3H8O/c1-17(2,3)18(4,15-11-7-5-8-12-15)16-13-9-6-10-14-16;1-2-8-6-4-3-5-7-8;1-7(2,3)8(4,5)6;1-6-4-2-3-5-7-6;1-5(2,3)4;2*1-3-4-2/h5-14H,1-4H3;3-7H,2H2,1H3;1-6H3;6H,2-5H2,1H3;1-4H3;3H,1,4H2,2H3;3H2,1-2H3. The van der Waals surface area contributed by atoms with Gasteiger partial charge in [-0.25, -0.2) is 0 Å². The molecule has 1 heterocycles. The minimum atomic E-state index is -1.70. The molecule has 4 heteroatoms. The second kappa shape index (κ2) is 30.0. The molecule has 4 rings (SSSR count). The summed E-state index contributed by atoms with van der Waals surface area (Å²) in [6.07, 6.45) is 8.53. The Bertz CT molecular complexity index is 1180. The molecule has 0 aliphatic carbocycles. The summed E-state index contributed by atoms with van der Waals surface area (Å²) in [6, 6.07) is 32.5. The van der Waals surface area contributed by atoms with E-state index in [1.807, 2.05) is 19.1 Å². The Kier molecular flexibility index (Phi) is 31.1. The maximum Gasteiger partial charge on any atom is 0.120 e. The highest BCUT2D eigenvalue weighted by Gasteiger charge is 2.42. The zero-order valence-corrected chi connectivity index (χ0v) is 41.3. The number of hydrogen-bond acceptors (Lipinski definition) is 2. The molecule has 310 valence electrons. The molecule has 3 aromatic rings. The van der Waals surface area contributed by atoms with Crippen molar-refractivity contribution in [2.45, 2.75) is 171 Å². The minimum absolute atomic E-state index is 0.301. The van der Waals surface area contributed by atoms with Gasteiger partial charge in [0.1, 0.15) is 8.07 Å². The molecule has 54 heavy (non-hydrogen) atoms. The molecular weight excluding hydrogens is 689 g/mol. The second-order valence-electron chi connectivity index (χ2n) is 18.9. The molecule has 1 fully saturated rings. The fourth-order valence-electron chi connectivity index (χ4n) is 4.19. The van der Waals surface area contributed by atoms with Crippen molar-refractivity contribution in [1.29, 1.82) is 0 Å². The molecule has 1 aliphatic rings. The molecule has 1 atom stereocenters. The fourth-order valence-corrected chi connectivity index (χ4v) is 7.97. The van der Waals surface area contributed by atoms with Gasteiger partial charge in [0, 0.05) is 28.4 Å². The van der Waals surface area contributed by atoms with E-state index in [-0.39, 0.29) is 0 Å². The van der Waals surface area contributed by atoms with Gasteiger partial charge in [0.25, 0.3) is 0 Å². The van der Waals surface area contributed by atoms with E-state index in [4.69, 9.17) is 4.74 Å². The zero-order chi connectivity index (χ0) is 42.5. The Balaban J connectivity index is -0.000000614. The molecule has 2 nitrogen and oxygen atoms in total. The Hall–Kier alpha value is -2.25. The highest BCUT2D eigenvalue weighted by Crippen LogP contribution is 2.36. The van der Waals surface area contributed by atoms with Crippen molar-refractivity contribution < 1.29 is 9.47 Å². The summed E-state index contributed by atoms with van der Waals surface area (Å²) >= 11 is 0. The first-order valence-electron chi connectivity index (χ1n) is 20.7. The normalized spacial score (nSPS) is 14.0. The summed E-state index contributed by atoms with van der Waals surface area (Å²) in [5, 5.41) is 3.91. The molecule has 1 unspecified atom stereocenters. The van der Waals surface area contributed by atoms with Crippen LogP contribution in [0.4, 0.5) is 0 Å². The Morgan fingerprint density at radius 3 is 1.17 bits per heavy atom. The first-order chi connectivity index (χ1) is 24.9. The van der Waals surface area contributed by atoms with Crippen molar-refractivity contribution >= 4 is 26.5 Å².